The lowest BCUT2D eigenvalue weighted by molar-refractivity contribution is -0.302. The molecule has 4 N–H and O–H groups in total. The predicted molar refractivity (Wildman–Crippen MR) is 203 cm³/mol. The van der Waals surface area contributed by atoms with Crippen molar-refractivity contribution in [3.05, 3.63) is 23.3 Å². The molecule has 0 aromatic rings. The second-order valence-corrected chi connectivity index (χ2v) is 16.9. The van der Waals surface area contributed by atoms with Crippen molar-refractivity contribution >= 4 is 23.4 Å². The van der Waals surface area contributed by atoms with Gasteiger partial charge < -0.3 is 44.3 Å². The summed E-state index contributed by atoms with van der Waals surface area (Å²) in [6.45, 7) is 11.1. The molecule has 2 bridgehead atoms. The van der Waals surface area contributed by atoms with E-state index in [1.54, 1.807) is 20.8 Å². The molecule has 2 saturated heterocycles. The van der Waals surface area contributed by atoms with Crippen LogP contribution in [0, 0.1) is 29.6 Å². The number of aliphatic hydroxyl groups excluding tert-OH is 3. The molecule has 14 atom stereocenters. The van der Waals surface area contributed by atoms with E-state index in [9.17, 15) is 39.6 Å². The van der Waals surface area contributed by atoms with Crippen LogP contribution in [0.4, 0.5) is 0 Å². The van der Waals surface area contributed by atoms with Gasteiger partial charge in [0.25, 0.3) is 11.7 Å². The van der Waals surface area contributed by atoms with E-state index >= 15 is 0 Å². The number of allylic oxidation sites excluding steroid dienone is 3. The summed E-state index contributed by atoms with van der Waals surface area (Å²) in [5, 5.41) is 43.8. The number of carbonyl (C=O) groups is 4. The number of piperidine rings is 1. The van der Waals surface area contributed by atoms with Gasteiger partial charge in [0.05, 0.1) is 30.5 Å². The molecule has 312 valence electrons. The molecule has 1 aliphatic carbocycles. The Balaban J connectivity index is 1.73. The van der Waals surface area contributed by atoms with E-state index < -0.39 is 90.0 Å². The smallest absolute Gasteiger partial charge is 0.329 e. The third-order valence-electron chi connectivity index (χ3n) is 12.6. The number of ketones is 2. The van der Waals surface area contributed by atoms with E-state index in [4.69, 9.17) is 18.9 Å². The standard InChI is InChI=1S/C42H67NO12/c1-9-29-17-23(2)16-24(3)18-35(52-7)38-36(53-8)20-26(5)42(51,55-38)39(48)40(49)43-15-11-10-12-30(43)41(50)54-34(22-32(29)45)27(6)37(47)25(4)19-28-13-14-31(44)33(46)21-28/h17,19,24,26-31,33-38,44,46-47,51H,9-16,18,20-22H2,1-8H3. The van der Waals surface area contributed by atoms with Crippen LogP contribution >= 0.6 is 0 Å². The van der Waals surface area contributed by atoms with Gasteiger partial charge in [-0.2, -0.15) is 0 Å². The number of cyclic esters (lactones) is 1. The minimum Gasteiger partial charge on any atom is -0.460 e. The molecule has 0 radical (unpaired) electrons. The van der Waals surface area contributed by atoms with Crippen molar-refractivity contribution in [1.82, 2.24) is 4.90 Å². The number of nitrogens with zero attached hydrogens (tertiary/aromatic N) is 1. The summed E-state index contributed by atoms with van der Waals surface area (Å²) < 4.78 is 24.0. The first-order valence-corrected chi connectivity index (χ1v) is 20.4. The lowest BCUT2D eigenvalue weighted by atomic mass is 9.81. The average molecular weight is 778 g/mol. The molecule has 14 unspecified atom stereocenters. The number of aliphatic hydroxyl groups is 4. The third kappa shape index (κ3) is 10.7. The van der Waals surface area contributed by atoms with Crippen LogP contribution in [0.2, 0.25) is 0 Å². The van der Waals surface area contributed by atoms with Gasteiger partial charge in [0, 0.05) is 44.9 Å². The van der Waals surface area contributed by atoms with Gasteiger partial charge in [-0.1, -0.05) is 45.4 Å². The molecule has 1 saturated carbocycles. The lowest BCUT2D eigenvalue weighted by Crippen LogP contribution is -2.64. The van der Waals surface area contributed by atoms with Crippen molar-refractivity contribution in [3.63, 3.8) is 0 Å². The number of rotatable bonds is 7. The average Bonchev–Trinajstić information content (AvgIpc) is 3.16. The summed E-state index contributed by atoms with van der Waals surface area (Å²) in [6, 6.07) is -1.16. The minimum absolute atomic E-state index is 0.0306. The first-order chi connectivity index (χ1) is 25.9. The van der Waals surface area contributed by atoms with Gasteiger partial charge in [-0.15, -0.1) is 0 Å². The second kappa shape index (κ2) is 19.8. The van der Waals surface area contributed by atoms with Crippen LogP contribution in [-0.4, -0.2) is 124 Å². The molecular formula is C42H67NO12. The quantitative estimate of drug-likeness (QED) is 0.167. The summed E-state index contributed by atoms with van der Waals surface area (Å²) in [6.07, 6.45) is 2.36. The minimum atomic E-state index is -2.50. The number of carbonyl (C=O) groups excluding carboxylic acids is 4. The first-order valence-electron chi connectivity index (χ1n) is 20.4. The molecule has 0 aromatic carbocycles. The highest BCUT2D eigenvalue weighted by Crippen LogP contribution is 2.39. The zero-order valence-electron chi connectivity index (χ0n) is 34.1. The number of ether oxygens (including phenoxy) is 4. The van der Waals surface area contributed by atoms with E-state index in [0.29, 0.717) is 56.9 Å². The molecule has 3 aliphatic heterocycles. The van der Waals surface area contributed by atoms with Crippen LogP contribution in [0.3, 0.4) is 0 Å². The van der Waals surface area contributed by atoms with E-state index in [-0.39, 0.29) is 43.4 Å². The van der Waals surface area contributed by atoms with Crippen molar-refractivity contribution in [2.24, 2.45) is 29.6 Å². The summed E-state index contributed by atoms with van der Waals surface area (Å²) in [7, 11) is 3.06. The summed E-state index contributed by atoms with van der Waals surface area (Å²) in [4.78, 5) is 57.6. The van der Waals surface area contributed by atoms with Crippen LogP contribution in [-0.2, 0) is 38.1 Å². The number of methoxy groups -OCH3 is 2. The van der Waals surface area contributed by atoms with Gasteiger partial charge in [0.15, 0.2) is 0 Å². The highest BCUT2D eigenvalue weighted by Gasteiger charge is 2.56. The number of Topliss-reactive ketones (excluding diaryl/α,β-unsaturated/α-hetero) is 2. The van der Waals surface area contributed by atoms with Gasteiger partial charge in [-0.3, -0.25) is 14.4 Å². The molecule has 4 rings (SSSR count). The van der Waals surface area contributed by atoms with E-state index in [2.05, 4.69) is 0 Å². The SMILES string of the molecule is CCC1C=C(C)CC(C)CC(OC)C2OC(O)(C(=O)C(=O)N3CCCCC3C(=O)OC(C(C)C(O)C(C)=CC3CCC(O)C(O)C3)CC1=O)C(C)CC2OC. The Morgan fingerprint density at radius 1 is 1.00 bits per heavy atom. The fourth-order valence-corrected chi connectivity index (χ4v) is 9.13. The number of hydrogen-bond acceptors (Lipinski definition) is 12. The monoisotopic (exact) mass is 777 g/mol. The van der Waals surface area contributed by atoms with Crippen LogP contribution in [0.15, 0.2) is 23.3 Å². The molecule has 13 nitrogen and oxygen atoms in total. The van der Waals surface area contributed by atoms with Gasteiger partial charge in [-0.05, 0) is 95.5 Å². The number of esters is 1. The Labute approximate surface area is 326 Å². The lowest BCUT2D eigenvalue weighted by Gasteiger charge is -2.47. The summed E-state index contributed by atoms with van der Waals surface area (Å²) in [5.41, 5.74) is 1.58. The Bertz CT molecular complexity index is 1410. The van der Waals surface area contributed by atoms with Crippen molar-refractivity contribution in [1.29, 1.82) is 0 Å². The third-order valence-corrected chi connectivity index (χ3v) is 12.6. The van der Waals surface area contributed by atoms with Crippen LogP contribution in [0.5, 0.6) is 0 Å². The van der Waals surface area contributed by atoms with Crippen LogP contribution in [0.25, 0.3) is 0 Å². The van der Waals surface area contributed by atoms with Gasteiger partial charge in [0.2, 0.25) is 5.79 Å². The van der Waals surface area contributed by atoms with Gasteiger partial charge in [-0.25, -0.2) is 4.79 Å². The normalized spacial score (nSPS) is 39.2. The highest BCUT2D eigenvalue weighted by molar-refractivity contribution is 6.39. The van der Waals surface area contributed by atoms with Crippen molar-refractivity contribution in [2.45, 2.75) is 167 Å². The summed E-state index contributed by atoms with van der Waals surface area (Å²) >= 11 is 0. The number of hydrogen-bond donors (Lipinski definition) is 4. The molecule has 3 heterocycles. The summed E-state index contributed by atoms with van der Waals surface area (Å²) in [5.74, 6) is -7.78. The fraction of sp³-hybridized carbons (Fsp3) is 0.810. The van der Waals surface area contributed by atoms with Crippen LogP contribution < -0.4 is 0 Å². The van der Waals surface area contributed by atoms with Gasteiger partial charge >= 0.3 is 5.97 Å². The number of fused-ring (bicyclic) bond motifs is 3. The molecule has 1 amide bonds. The Kier molecular flexibility index (Phi) is 16.2. The topological polar surface area (TPSA) is 189 Å². The molecule has 0 spiro atoms. The molecule has 4 aliphatic rings. The largest absolute Gasteiger partial charge is 0.460 e. The zero-order chi connectivity index (χ0) is 40.8. The first kappa shape index (κ1) is 45.2. The zero-order valence-corrected chi connectivity index (χ0v) is 34.1. The highest BCUT2D eigenvalue weighted by atomic mass is 16.7. The Morgan fingerprint density at radius 2 is 1.67 bits per heavy atom. The van der Waals surface area contributed by atoms with Gasteiger partial charge in [0.1, 0.15) is 24.0 Å². The van der Waals surface area contributed by atoms with Crippen molar-refractivity contribution in [2.75, 3.05) is 20.8 Å². The molecule has 0 aromatic heterocycles. The molecular weight excluding hydrogens is 710 g/mol. The Hall–Kier alpha value is -2.52. The predicted octanol–water partition coefficient (Wildman–Crippen LogP) is 3.82. The van der Waals surface area contributed by atoms with E-state index in [0.717, 1.165) is 10.5 Å². The molecule has 3 fully saturated rings. The number of amides is 1. The molecule has 13 heteroatoms. The maximum Gasteiger partial charge on any atom is 0.329 e. The van der Waals surface area contributed by atoms with E-state index in [1.165, 1.54) is 14.2 Å². The maximum absolute atomic E-state index is 14.2. The van der Waals surface area contributed by atoms with Crippen molar-refractivity contribution < 1.29 is 58.6 Å². The van der Waals surface area contributed by atoms with Crippen LogP contribution in [0.1, 0.15) is 112 Å². The second-order valence-electron chi connectivity index (χ2n) is 16.9. The maximum atomic E-state index is 14.2. The fourth-order valence-electron chi connectivity index (χ4n) is 9.13. The van der Waals surface area contributed by atoms with Crippen molar-refractivity contribution in [3.8, 4) is 0 Å². The molecule has 55 heavy (non-hydrogen) atoms. The Morgan fingerprint density at radius 3 is 2.31 bits per heavy atom. The van der Waals surface area contributed by atoms with E-state index in [1.807, 2.05) is 32.9 Å².